The lowest BCUT2D eigenvalue weighted by atomic mass is 10.2. The maximum atomic E-state index is 10.3. The summed E-state index contributed by atoms with van der Waals surface area (Å²) in [6, 6.07) is 3.73. The van der Waals surface area contributed by atoms with E-state index in [1.54, 1.807) is 24.0 Å². The number of thioether (sulfide) groups is 1. The van der Waals surface area contributed by atoms with E-state index in [-0.39, 0.29) is 6.42 Å². The minimum Gasteiger partial charge on any atom is -0.481 e. The van der Waals surface area contributed by atoms with Gasteiger partial charge in [0.2, 0.25) is 0 Å². The number of aromatic nitrogens is 1. The SMILES string of the molecule is Nc1ccc(SCCCCCC(=O)O)cn1. The molecule has 0 spiro atoms. The van der Waals surface area contributed by atoms with Crippen LogP contribution in [0.3, 0.4) is 0 Å². The second-order valence-corrected chi connectivity index (χ2v) is 4.64. The fourth-order valence-corrected chi connectivity index (χ4v) is 2.10. The molecule has 0 radical (unpaired) electrons. The molecule has 1 heterocycles. The van der Waals surface area contributed by atoms with E-state index in [1.807, 2.05) is 6.07 Å². The molecule has 0 aliphatic carbocycles. The van der Waals surface area contributed by atoms with Crippen molar-refractivity contribution in [2.45, 2.75) is 30.6 Å². The Kier molecular flexibility index (Phi) is 5.71. The van der Waals surface area contributed by atoms with Gasteiger partial charge in [-0.2, -0.15) is 0 Å². The number of carbonyl (C=O) groups is 1. The zero-order valence-electron chi connectivity index (χ0n) is 9.06. The van der Waals surface area contributed by atoms with Gasteiger partial charge in [0.05, 0.1) is 0 Å². The van der Waals surface area contributed by atoms with Crippen molar-refractivity contribution < 1.29 is 9.90 Å². The summed E-state index contributed by atoms with van der Waals surface area (Å²) in [6.45, 7) is 0. The van der Waals surface area contributed by atoms with E-state index in [2.05, 4.69) is 4.98 Å². The second-order valence-electron chi connectivity index (χ2n) is 3.47. The Labute approximate surface area is 99.3 Å². The summed E-state index contributed by atoms with van der Waals surface area (Å²) in [5.74, 6) is 0.812. The smallest absolute Gasteiger partial charge is 0.303 e. The number of unbranched alkanes of at least 4 members (excludes halogenated alkanes) is 2. The lowest BCUT2D eigenvalue weighted by Crippen LogP contribution is -1.94. The highest BCUT2D eigenvalue weighted by Crippen LogP contribution is 2.19. The van der Waals surface area contributed by atoms with Crippen LogP contribution in [0.4, 0.5) is 5.82 Å². The quantitative estimate of drug-likeness (QED) is 0.565. The van der Waals surface area contributed by atoms with Crippen LogP contribution in [0.25, 0.3) is 0 Å². The zero-order valence-corrected chi connectivity index (χ0v) is 9.87. The first-order valence-electron chi connectivity index (χ1n) is 5.24. The molecule has 0 atom stereocenters. The minimum absolute atomic E-state index is 0.272. The van der Waals surface area contributed by atoms with Crippen molar-refractivity contribution in [3.63, 3.8) is 0 Å². The molecule has 3 N–H and O–H groups in total. The van der Waals surface area contributed by atoms with Crippen LogP contribution >= 0.6 is 11.8 Å². The summed E-state index contributed by atoms with van der Waals surface area (Å²) in [4.78, 5) is 15.4. The number of anilines is 1. The van der Waals surface area contributed by atoms with Gasteiger partial charge in [-0.05, 0) is 30.7 Å². The summed E-state index contributed by atoms with van der Waals surface area (Å²) in [7, 11) is 0. The molecular formula is C11H16N2O2S. The van der Waals surface area contributed by atoms with E-state index in [1.165, 1.54) is 0 Å². The van der Waals surface area contributed by atoms with Gasteiger partial charge >= 0.3 is 5.97 Å². The third-order valence-corrected chi connectivity index (χ3v) is 3.13. The fraction of sp³-hybridized carbons (Fsp3) is 0.455. The third-order valence-electron chi connectivity index (χ3n) is 2.06. The van der Waals surface area contributed by atoms with Crippen molar-refractivity contribution in [1.29, 1.82) is 0 Å². The average molecular weight is 240 g/mol. The highest BCUT2D eigenvalue weighted by molar-refractivity contribution is 7.99. The van der Waals surface area contributed by atoms with Gasteiger partial charge in [0.25, 0.3) is 0 Å². The minimum atomic E-state index is -0.713. The van der Waals surface area contributed by atoms with Crippen LogP contribution in [-0.2, 0) is 4.79 Å². The lowest BCUT2D eigenvalue weighted by Gasteiger charge is -2.01. The summed E-state index contributed by atoms with van der Waals surface area (Å²) in [5, 5.41) is 8.45. The fourth-order valence-electron chi connectivity index (χ4n) is 1.22. The van der Waals surface area contributed by atoms with Gasteiger partial charge in [-0.15, -0.1) is 11.8 Å². The first-order valence-corrected chi connectivity index (χ1v) is 6.23. The zero-order chi connectivity index (χ0) is 11.8. The van der Waals surface area contributed by atoms with Gasteiger partial charge in [-0.3, -0.25) is 4.79 Å². The van der Waals surface area contributed by atoms with Crippen molar-refractivity contribution in [2.24, 2.45) is 0 Å². The highest BCUT2D eigenvalue weighted by Gasteiger charge is 1.98. The number of nitrogen functional groups attached to an aromatic ring is 1. The number of nitrogens with two attached hydrogens (primary N) is 1. The topological polar surface area (TPSA) is 76.2 Å². The molecule has 0 aromatic carbocycles. The van der Waals surface area contributed by atoms with E-state index in [4.69, 9.17) is 10.8 Å². The van der Waals surface area contributed by atoms with E-state index in [9.17, 15) is 4.79 Å². The van der Waals surface area contributed by atoms with Crippen LogP contribution in [-0.4, -0.2) is 21.8 Å². The largest absolute Gasteiger partial charge is 0.481 e. The maximum absolute atomic E-state index is 10.3. The molecule has 5 heteroatoms. The Hall–Kier alpha value is -1.23. The first kappa shape index (κ1) is 12.8. The Morgan fingerprint density at radius 3 is 2.81 bits per heavy atom. The second kappa shape index (κ2) is 7.11. The molecule has 16 heavy (non-hydrogen) atoms. The normalized spacial score (nSPS) is 10.2. The predicted molar refractivity (Wildman–Crippen MR) is 65.5 cm³/mol. The Balaban J connectivity index is 2.07. The first-order chi connectivity index (χ1) is 7.68. The number of aliphatic carboxylic acids is 1. The molecule has 1 rings (SSSR count). The summed E-state index contributed by atoms with van der Waals surface area (Å²) in [6.07, 6.45) is 4.78. The van der Waals surface area contributed by atoms with Crippen LogP contribution in [0.2, 0.25) is 0 Å². The lowest BCUT2D eigenvalue weighted by molar-refractivity contribution is -0.137. The number of carboxylic acid groups (broad SMARTS) is 1. The number of carboxylic acids is 1. The highest BCUT2D eigenvalue weighted by atomic mass is 32.2. The molecular weight excluding hydrogens is 224 g/mol. The van der Waals surface area contributed by atoms with Crippen LogP contribution in [0.1, 0.15) is 25.7 Å². The Morgan fingerprint density at radius 1 is 1.38 bits per heavy atom. The molecule has 0 aliphatic heterocycles. The number of hydrogen-bond donors (Lipinski definition) is 2. The molecule has 0 unspecified atom stereocenters. The van der Waals surface area contributed by atoms with Gasteiger partial charge in [0, 0.05) is 17.5 Å². The van der Waals surface area contributed by atoms with Gasteiger partial charge in [-0.25, -0.2) is 4.98 Å². The molecule has 0 aliphatic rings. The molecule has 1 aromatic rings. The summed E-state index contributed by atoms with van der Waals surface area (Å²) >= 11 is 1.72. The van der Waals surface area contributed by atoms with Gasteiger partial charge in [-0.1, -0.05) is 6.42 Å². The average Bonchev–Trinajstić information content (AvgIpc) is 2.25. The Bertz CT molecular complexity index is 327. The van der Waals surface area contributed by atoms with Crippen molar-refractivity contribution in [2.75, 3.05) is 11.5 Å². The van der Waals surface area contributed by atoms with Crippen molar-refractivity contribution in [1.82, 2.24) is 4.98 Å². The number of rotatable bonds is 7. The van der Waals surface area contributed by atoms with E-state index < -0.39 is 5.97 Å². The summed E-state index contributed by atoms with van der Waals surface area (Å²) < 4.78 is 0. The standard InChI is InChI=1S/C11H16N2O2S/c12-10-6-5-9(8-13-10)16-7-3-1-2-4-11(14)15/h5-6,8H,1-4,7H2,(H2,12,13)(H,14,15). The van der Waals surface area contributed by atoms with Gasteiger partial charge in [0.15, 0.2) is 0 Å². The molecule has 0 fully saturated rings. The number of hydrogen-bond acceptors (Lipinski definition) is 4. The van der Waals surface area contributed by atoms with Crippen LogP contribution in [0.5, 0.6) is 0 Å². The molecule has 0 bridgehead atoms. The van der Waals surface area contributed by atoms with Gasteiger partial charge in [0.1, 0.15) is 5.82 Å². The van der Waals surface area contributed by atoms with Crippen LogP contribution in [0.15, 0.2) is 23.2 Å². The van der Waals surface area contributed by atoms with E-state index in [0.29, 0.717) is 5.82 Å². The predicted octanol–water partition coefficient (Wildman–Crippen LogP) is 2.40. The molecule has 0 saturated carbocycles. The van der Waals surface area contributed by atoms with Crippen LogP contribution < -0.4 is 5.73 Å². The number of nitrogens with zero attached hydrogens (tertiary/aromatic N) is 1. The molecule has 1 aromatic heterocycles. The van der Waals surface area contributed by atoms with Crippen molar-refractivity contribution >= 4 is 23.5 Å². The molecule has 0 saturated heterocycles. The maximum Gasteiger partial charge on any atom is 0.303 e. The van der Waals surface area contributed by atoms with Crippen LogP contribution in [0, 0.1) is 0 Å². The Morgan fingerprint density at radius 2 is 2.19 bits per heavy atom. The number of pyridine rings is 1. The molecule has 88 valence electrons. The van der Waals surface area contributed by atoms with Crippen molar-refractivity contribution in [3.05, 3.63) is 18.3 Å². The van der Waals surface area contributed by atoms with Gasteiger partial charge < -0.3 is 10.8 Å². The van der Waals surface area contributed by atoms with E-state index in [0.717, 1.165) is 29.9 Å². The van der Waals surface area contributed by atoms with E-state index >= 15 is 0 Å². The van der Waals surface area contributed by atoms with Crippen molar-refractivity contribution in [3.8, 4) is 0 Å². The third kappa shape index (κ3) is 5.60. The monoisotopic (exact) mass is 240 g/mol. The summed E-state index contributed by atoms with van der Waals surface area (Å²) in [5.41, 5.74) is 5.47. The molecule has 4 nitrogen and oxygen atoms in total. The molecule has 0 amide bonds.